The molecule has 1 fully saturated rings. The van der Waals surface area contributed by atoms with Crippen molar-refractivity contribution in [1.29, 1.82) is 0 Å². The van der Waals surface area contributed by atoms with Gasteiger partial charge in [-0.15, -0.1) is 0 Å². The van der Waals surface area contributed by atoms with Crippen LogP contribution in [0.3, 0.4) is 0 Å². The molecule has 0 saturated carbocycles. The number of piperidine rings is 1. The van der Waals surface area contributed by atoms with Crippen molar-refractivity contribution in [2.24, 2.45) is 0 Å². The Balaban J connectivity index is 2.29. The predicted octanol–water partition coefficient (Wildman–Crippen LogP) is 3.05. The van der Waals surface area contributed by atoms with E-state index in [4.69, 9.17) is 0 Å². The van der Waals surface area contributed by atoms with E-state index >= 15 is 0 Å². The van der Waals surface area contributed by atoms with E-state index in [9.17, 15) is 8.78 Å². The van der Waals surface area contributed by atoms with E-state index in [1.165, 1.54) is 0 Å². The molecule has 0 amide bonds. The van der Waals surface area contributed by atoms with E-state index < -0.39 is 12.0 Å². The lowest BCUT2D eigenvalue weighted by Crippen LogP contribution is -2.42. The Bertz CT molecular complexity index is 349. The summed E-state index contributed by atoms with van der Waals surface area (Å²) in [4.78, 5) is 0. The minimum atomic E-state index is -2.62. The summed E-state index contributed by atoms with van der Waals surface area (Å²) in [6.07, 6.45) is 0.536. The first-order valence-electron chi connectivity index (χ1n) is 5.27. The third-order valence-electron chi connectivity index (χ3n) is 2.83. The van der Waals surface area contributed by atoms with E-state index in [1.54, 1.807) is 6.07 Å². The van der Waals surface area contributed by atoms with Gasteiger partial charge in [0.15, 0.2) is 0 Å². The first-order chi connectivity index (χ1) is 7.09. The van der Waals surface area contributed by atoms with Crippen molar-refractivity contribution in [2.75, 3.05) is 6.54 Å². The van der Waals surface area contributed by atoms with Crippen LogP contribution in [0.25, 0.3) is 0 Å². The van der Waals surface area contributed by atoms with Gasteiger partial charge in [-0.1, -0.05) is 29.8 Å². The molecule has 82 valence electrons. The van der Waals surface area contributed by atoms with Gasteiger partial charge in [-0.05, 0) is 25.5 Å². The zero-order valence-electron chi connectivity index (χ0n) is 8.76. The highest BCUT2D eigenvalue weighted by Crippen LogP contribution is 2.37. The van der Waals surface area contributed by atoms with Crippen molar-refractivity contribution in [3.8, 4) is 0 Å². The molecule has 0 spiro atoms. The third kappa shape index (κ3) is 2.17. The quantitative estimate of drug-likeness (QED) is 0.752. The molecule has 1 unspecified atom stereocenters. The summed E-state index contributed by atoms with van der Waals surface area (Å²) in [5.41, 5.74) is 1.72. The van der Waals surface area contributed by atoms with E-state index in [-0.39, 0.29) is 6.42 Å². The average molecular weight is 211 g/mol. The van der Waals surface area contributed by atoms with Crippen LogP contribution in [0.2, 0.25) is 0 Å². The molecular formula is C12H15F2N. The van der Waals surface area contributed by atoms with Crippen LogP contribution >= 0.6 is 0 Å². The number of aryl methyl sites for hydroxylation is 1. The predicted molar refractivity (Wildman–Crippen MR) is 56.1 cm³/mol. The fourth-order valence-electron chi connectivity index (χ4n) is 2.08. The average Bonchev–Trinajstić information content (AvgIpc) is 2.17. The summed E-state index contributed by atoms with van der Waals surface area (Å²) in [5, 5.41) is 2.90. The van der Waals surface area contributed by atoms with Crippen molar-refractivity contribution < 1.29 is 8.78 Å². The van der Waals surface area contributed by atoms with Gasteiger partial charge in [0.25, 0.3) is 5.92 Å². The van der Waals surface area contributed by atoms with E-state index in [2.05, 4.69) is 5.32 Å². The van der Waals surface area contributed by atoms with Crippen molar-refractivity contribution in [3.05, 3.63) is 35.4 Å². The zero-order valence-corrected chi connectivity index (χ0v) is 8.76. The molecule has 0 bridgehead atoms. The van der Waals surface area contributed by atoms with E-state index in [0.717, 1.165) is 5.56 Å². The van der Waals surface area contributed by atoms with Crippen molar-refractivity contribution in [1.82, 2.24) is 5.32 Å². The smallest absolute Gasteiger partial charge is 0.267 e. The number of alkyl halides is 2. The Morgan fingerprint density at radius 3 is 2.87 bits per heavy atom. The van der Waals surface area contributed by atoms with Crippen LogP contribution < -0.4 is 5.32 Å². The highest BCUT2D eigenvalue weighted by Gasteiger charge is 2.42. The molecule has 1 aliphatic heterocycles. The molecule has 0 radical (unpaired) electrons. The zero-order chi connectivity index (χ0) is 10.9. The largest absolute Gasteiger partial charge is 0.305 e. The van der Waals surface area contributed by atoms with Gasteiger partial charge >= 0.3 is 0 Å². The van der Waals surface area contributed by atoms with Gasteiger partial charge in [0, 0.05) is 6.42 Å². The number of hydrogen-bond donors (Lipinski definition) is 1. The first-order valence-corrected chi connectivity index (χ1v) is 5.27. The Hall–Kier alpha value is -0.960. The van der Waals surface area contributed by atoms with E-state index in [1.807, 2.05) is 25.1 Å². The second-order valence-electron chi connectivity index (χ2n) is 4.17. The molecule has 0 aromatic heterocycles. The SMILES string of the molecule is Cc1cccc(C2NCCCC2(F)F)c1. The Morgan fingerprint density at radius 1 is 1.40 bits per heavy atom. The number of hydrogen-bond acceptors (Lipinski definition) is 1. The summed E-state index contributed by atoms with van der Waals surface area (Å²) < 4.78 is 27.2. The molecule has 1 aromatic carbocycles. The molecular weight excluding hydrogens is 196 g/mol. The second-order valence-corrected chi connectivity index (χ2v) is 4.17. The van der Waals surface area contributed by atoms with Crippen molar-refractivity contribution >= 4 is 0 Å². The summed E-state index contributed by atoms with van der Waals surface area (Å²) >= 11 is 0. The normalized spacial score (nSPS) is 25.1. The van der Waals surface area contributed by atoms with E-state index in [0.29, 0.717) is 18.5 Å². The van der Waals surface area contributed by atoms with Crippen LogP contribution in [0.5, 0.6) is 0 Å². The Labute approximate surface area is 88.5 Å². The maximum absolute atomic E-state index is 13.6. The van der Waals surface area contributed by atoms with Crippen LogP contribution in [-0.4, -0.2) is 12.5 Å². The molecule has 2 rings (SSSR count). The standard InChI is InChI=1S/C12H15F2N/c1-9-4-2-5-10(8-9)11-12(13,14)6-3-7-15-11/h2,4-5,8,11,15H,3,6-7H2,1H3. The monoisotopic (exact) mass is 211 g/mol. The molecule has 1 aromatic rings. The van der Waals surface area contributed by atoms with Gasteiger partial charge in [-0.3, -0.25) is 0 Å². The highest BCUT2D eigenvalue weighted by molar-refractivity contribution is 5.27. The Kier molecular flexibility index (Phi) is 2.74. The maximum atomic E-state index is 13.6. The summed E-state index contributed by atoms with van der Waals surface area (Å²) in [6, 6.07) is 6.54. The molecule has 1 nitrogen and oxygen atoms in total. The molecule has 1 N–H and O–H groups in total. The topological polar surface area (TPSA) is 12.0 Å². The molecule has 0 aliphatic carbocycles. The van der Waals surface area contributed by atoms with Crippen LogP contribution in [-0.2, 0) is 0 Å². The number of benzene rings is 1. The molecule has 1 atom stereocenters. The molecule has 1 aliphatic rings. The third-order valence-corrected chi connectivity index (χ3v) is 2.83. The van der Waals surface area contributed by atoms with Gasteiger partial charge in [0.2, 0.25) is 0 Å². The fourth-order valence-corrected chi connectivity index (χ4v) is 2.08. The minimum Gasteiger partial charge on any atom is -0.305 e. The van der Waals surface area contributed by atoms with Gasteiger partial charge < -0.3 is 5.32 Å². The lowest BCUT2D eigenvalue weighted by atomic mass is 9.93. The fraction of sp³-hybridized carbons (Fsp3) is 0.500. The van der Waals surface area contributed by atoms with Crippen LogP contribution in [0.15, 0.2) is 24.3 Å². The number of nitrogens with one attached hydrogen (secondary N) is 1. The minimum absolute atomic E-state index is 0.0153. The molecule has 15 heavy (non-hydrogen) atoms. The number of rotatable bonds is 1. The van der Waals surface area contributed by atoms with Crippen molar-refractivity contribution in [2.45, 2.75) is 31.7 Å². The second kappa shape index (κ2) is 3.89. The lowest BCUT2D eigenvalue weighted by molar-refractivity contribution is -0.0619. The summed E-state index contributed by atoms with van der Waals surface area (Å²) in [5.74, 6) is -2.62. The highest BCUT2D eigenvalue weighted by atomic mass is 19.3. The van der Waals surface area contributed by atoms with Gasteiger partial charge in [0.1, 0.15) is 0 Å². The van der Waals surface area contributed by atoms with Gasteiger partial charge in [-0.2, -0.15) is 0 Å². The number of halogens is 2. The lowest BCUT2D eigenvalue weighted by Gasteiger charge is -2.32. The summed E-state index contributed by atoms with van der Waals surface area (Å²) in [6.45, 7) is 2.60. The Morgan fingerprint density at radius 2 is 2.20 bits per heavy atom. The first kappa shape index (κ1) is 10.6. The van der Waals surface area contributed by atoms with Crippen LogP contribution in [0.4, 0.5) is 8.78 Å². The maximum Gasteiger partial charge on any atom is 0.267 e. The van der Waals surface area contributed by atoms with Crippen LogP contribution in [0, 0.1) is 6.92 Å². The molecule has 3 heteroatoms. The van der Waals surface area contributed by atoms with Gasteiger partial charge in [0.05, 0.1) is 6.04 Å². The summed E-state index contributed by atoms with van der Waals surface area (Å²) in [7, 11) is 0. The molecule has 1 saturated heterocycles. The van der Waals surface area contributed by atoms with Gasteiger partial charge in [-0.25, -0.2) is 8.78 Å². The van der Waals surface area contributed by atoms with Crippen LogP contribution in [0.1, 0.15) is 30.0 Å². The molecule has 1 heterocycles. The van der Waals surface area contributed by atoms with Crippen molar-refractivity contribution in [3.63, 3.8) is 0 Å².